The number of amides is 1. The summed E-state index contributed by atoms with van der Waals surface area (Å²) in [4.78, 5) is 23.5. The van der Waals surface area contributed by atoms with E-state index in [-0.39, 0.29) is 5.92 Å². The van der Waals surface area contributed by atoms with Crippen molar-refractivity contribution in [2.24, 2.45) is 11.8 Å². The summed E-state index contributed by atoms with van der Waals surface area (Å²) < 4.78 is 0. The molecule has 3 atom stereocenters. The van der Waals surface area contributed by atoms with E-state index in [1.54, 1.807) is 0 Å². The summed E-state index contributed by atoms with van der Waals surface area (Å²) in [7, 11) is 0. The molecule has 1 amide bonds. The Morgan fingerprint density at radius 1 is 1.12 bits per heavy atom. The van der Waals surface area contributed by atoms with Crippen molar-refractivity contribution in [2.45, 2.75) is 44.1 Å². The maximum absolute atomic E-state index is 13.1. The number of nitrogens with one attached hydrogen (secondary N) is 3. The number of carbonyl (C=O) groups is 1. The lowest BCUT2D eigenvalue weighted by atomic mass is 9.77. The van der Waals surface area contributed by atoms with E-state index < -0.39 is 0 Å². The summed E-state index contributed by atoms with van der Waals surface area (Å²) in [5.41, 5.74) is 8.77. The van der Waals surface area contributed by atoms with Crippen LogP contribution < -0.4 is 10.9 Å². The molecule has 1 aliphatic carbocycles. The predicted molar refractivity (Wildman–Crippen MR) is 100 cm³/mol. The molecule has 1 saturated carbocycles. The van der Waals surface area contributed by atoms with Crippen LogP contribution in [0.4, 0.5) is 0 Å². The summed E-state index contributed by atoms with van der Waals surface area (Å²) in [5.74, 6) is 2.63. The third kappa shape index (κ3) is 2.81. The van der Waals surface area contributed by atoms with Crippen LogP contribution in [-0.2, 0) is 4.79 Å². The average molecular weight is 353 g/mol. The third-order valence-corrected chi connectivity index (χ3v) is 6.58. The van der Waals surface area contributed by atoms with Gasteiger partial charge in [0.1, 0.15) is 5.82 Å². The molecule has 2 saturated heterocycles. The van der Waals surface area contributed by atoms with Gasteiger partial charge in [-0.3, -0.25) is 15.6 Å². The lowest BCUT2D eigenvalue weighted by molar-refractivity contribution is -0.139. The van der Waals surface area contributed by atoms with Gasteiger partial charge in [-0.1, -0.05) is 18.6 Å². The Bertz CT molecular complexity index is 761. The van der Waals surface area contributed by atoms with Crippen molar-refractivity contribution in [2.75, 3.05) is 19.6 Å². The maximum Gasteiger partial charge on any atom is 0.227 e. The number of nitrogens with zero attached hydrogens (tertiary/aromatic N) is 2. The average Bonchev–Trinajstić information content (AvgIpc) is 3.34. The molecule has 1 aromatic carbocycles. The van der Waals surface area contributed by atoms with Gasteiger partial charge in [-0.15, -0.1) is 0 Å². The van der Waals surface area contributed by atoms with E-state index in [0.717, 1.165) is 55.8 Å². The van der Waals surface area contributed by atoms with Crippen molar-refractivity contribution < 1.29 is 4.79 Å². The van der Waals surface area contributed by atoms with Gasteiger partial charge in [-0.05, 0) is 43.7 Å². The van der Waals surface area contributed by atoms with Gasteiger partial charge >= 0.3 is 0 Å². The van der Waals surface area contributed by atoms with E-state index in [9.17, 15) is 4.79 Å². The Labute approximate surface area is 153 Å². The Hall–Kier alpha value is -1.92. The molecular formula is C20H27N5O. The van der Waals surface area contributed by atoms with Gasteiger partial charge in [0, 0.05) is 31.6 Å². The summed E-state index contributed by atoms with van der Waals surface area (Å²) >= 11 is 0. The van der Waals surface area contributed by atoms with Crippen LogP contribution >= 0.6 is 0 Å². The Balaban J connectivity index is 1.24. The number of H-pyrrole nitrogens is 1. The molecule has 3 N–H and O–H groups in total. The summed E-state index contributed by atoms with van der Waals surface area (Å²) in [6.07, 6.45) is 5.44. The first-order valence-electron chi connectivity index (χ1n) is 10.0. The molecule has 6 nitrogen and oxygen atoms in total. The number of carbonyl (C=O) groups excluding carboxylic acids is 1. The second-order valence-electron chi connectivity index (χ2n) is 8.09. The summed E-state index contributed by atoms with van der Waals surface area (Å²) in [6, 6.07) is 8.51. The minimum Gasteiger partial charge on any atom is -0.342 e. The number of benzene rings is 1. The van der Waals surface area contributed by atoms with Crippen LogP contribution in [0.3, 0.4) is 0 Å². The molecule has 0 spiro atoms. The molecule has 5 rings (SSSR count). The summed E-state index contributed by atoms with van der Waals surface area (Å²) in [6.45, 7) is 2.70. The number of hydrazine groups is 1. The monoisotopic (exact) mass is 353 g/mol. The molecule has 3 aliphatic rings. The highest BCUT2D eigenvalue weighted by molar-refractivity contribution is 5.80. The van der Waals surface area contributed by atoms with Crippen molar-refractivity contribution in [3.63, 3.8) is 0 Å². The first kappa shape index (κ1) is 16.3. The molecule has 138 valence electrons. The molecule has 0 bridgehead atoms. The third-order valence-electron chi connectivity index (χ3n) is 6.58. The van der Waals surface area contributed by atoms with E-state index in [0.29, 0.717) is 23.8 Å². The topological polar surface area (TPSA) is 73.1 Å². The lowest BCUT2D eigenvalue weighted by Crippen LogP contribution is -2.50. The van der Waals surface area contributed by atoms with E-state index in [1.165, 1.54) is 12.8 Å². The quantitative estimate of drug-likeness (QED) is 0.774. The van der Waals surface area contributed by atoms with Gasteiger partial charge in [0.2, 0.25) is 5.91 Å². The molecular weight excluding hydrogens is 326 g/mol. The number of aromatic amines is 1. The van der Waals surface area contributed by atoms with Crippen LogP contribution in [0.1, 0.15) is 43.8 Å². The first-order chi connectivity index (χ1) is 12.8. The number of fused-ring (bicyclic) bond motifs is 2. The van der Waals surface area contributed by atoms with Crippen LogP contribution in [0.15, 0.2) is 24.3 Å². The minimum atomic E-state index is 0.145. The van der Waals surface area contributed by atoms with Crippen molar-refractivity contribution in [1.82, 2.24) is 25.7 Å². The zero-order valence-electron chi connectivity index (χ0n) is 15.1. The Kier molecular flexibility index (Phi) is 4.17. The number of para-hydroxylation sites is 2. The number of likely N-dealkylation sites (tertiary alicyclic amines) is 1. The molecule has 3 fully saturated rings. The normalized spacial score (nSPS) is 29.8. The van der Waals surface area contributed by atoms with E-state index in [4.69, 9.17) is 4.98 Å². The minimum absolute atomic E-state index is 0.145. The van der Waals surface area contributed by atoms with Gasteiger partial charge in [-0.2, -0.15) is 0 Å². The van der Waals surface area contributed by atoms with Gasteiger partial charge in [0.25, 0.3) is 0 Å². The van der Waals surface area contributed by atoms with Gasteiger partial charge in [0.05, 0.1) is 17.0 Å². The Morgan fingerprint density at radius 2 is 1.96 bits per heavy atom. The molecule has 0 radical (unpaired) electrons. The number of hydrogen-bond acceptors (Lipinski definition) is 4. The second-order valence-corrected chi connectivity index (χ2v) is 8.09. The van der Waals surface area contributed by atoms with Crippen LogP contribution in [0, 0.1) is 11.8 Å². The zero-order chi connectivity index (χ0) is 17.5. The van der Waals surface area contributed by atoms with Crippen molar-refractivity contribution in [1.29, 1.82) is 0 Å². The standard InChI is InChI=1S/C20H27N5O/c26-20(15-5-3-4-14-12-21-24-18(14)15)25-10-8-13(9-11-25)19-22-16-6-1-2-7-17(16)23-19/h1-2,6-7,13-15,18,21,24H,3-5,8-12H2,(H,22,23). The fraction of sp³-hybridized carbons (Fsp3) is 0.600. The van der Waals surface area contributed by atoms with E-state index in [2.05, 4.69) is 32.9 Å². The molecule has 1 aromatic heterocycles. The fourth-order valence-electron chi connectivity index (χ4n) is 5.09. The highest BCUT2D eigenvalue weighted by atomic mass is 16.2. The highest BCUT2D eigenvalue weighted by Crippen LogP contribution is 2.34. The Morgan fingerprint density at radius 3 is 2.81 bits per heavy atom. The SMILES string of the molecule is O=C(C1CCCC2CNNC21)N1CCC(c2nc3ccccc3[nH]2)CC1. The van der Waals surface area contributed by atoms with Crippen LogP contribution in [0.25, 0.3) is 11.0 Å². The van der Waals surface area contributed by atoms with E-state index >= 15 is 0 Å². The van der Waals surface area contributed by atoms with Gasteiger partial charge in [0.15, 0.2) is 0 Å². The molecule has 6 heteroatoms. The molecule has 26 heavy (non-hydrogen) atoms. The largest absolute Gasteiger partial charge is 0.342 e. The number of aromatic nitrogens is 2. The number of imidazole rings is 1. The van der Waals surface area contributed by atoms with Crippen molar-refractivity contribution >= 4 is 16.9 Å². The van der Waals surface area contributed by atoms with Crippen LogP contribution in [0.5, 0.6) is 0 Å². The van der Waals surface area contributed by atoms with Gasteiger partial charge < -0.3 is 9.88 Å². The summed E-state index contributed by atoms with van der Waals surface area (Å²) in [5, 5.41) is 0. The number of rotatable bonds is 2. The maximum atomic E-state index is 13.1. The number of piperidine rings is 1. The molecule has 2 aromatic rings. The predicted octanol–water partition coefficient (Wildman–Crippen LogP) is 2.16. The lowest BCUT2D eigenvalue weighted by Gasteiger charge is -2.38. The van der Waals surface area contributed by atoms with Crippen molar-refractivity contribution in [3.8, 4) is 0 Å². The van der Waals surface area contributed by atoms with Gasteiger partial charge in [-0.25, -0.2) is 4.98 Å². The van der Waals surface area contributed by atoms with Crippen molar-refractivity contribution in [3.05, 3.63) is 30.1 Å². The fourth-order valence-corrected chi connectivity index (χ4v) is 5.09. The number of hydrogen-bond donors (Lipinski definition) is 3. The molecule has 2 aliphatic heterocycles. The second kappa shape index (κ2) is 6.67. The van der Waals surface area contributed by atoms with Crippen LogP contribution in [0.2, 0.25) is 0 Å². The smallest absolute Gasteiger partial charge is 0.227 e. The van der Waals surface area contributed by atoms with Crippen LogP contribution in [-0.4, -0.2) is 46.5 Å². The zero-order valence-corrected chi connectivity index (χ0v) is 15.1. The first-order valence-corrected chi connectivity index (χ1v) is 10.0. The molecule has 3 heterocycles. The molecule has 3 unspecified atom stereocenters. The van der Waals surface area contributed by atoms with E-state index in [1.807, 2.05) is 12.1 Å². The highest BCUT2D eigenvalue weighted by Gasteiger charge is 2.42.